The van der Waals surface area contributed by atoms with Gasteiger partial charge in [0.15, 0.2) is 0 Å². The van der Waals surface area contributed by atoms with E-state index in [4.69, 9.17) is 5.26 Å². The fourth-order valence-corrected chi connectivity index (χ4v) is 3.33. The zero-order valence-electron chi connectivity index (χ0n) is 14.0. The van der Waals surface area contributed by atoms with Crippen LogP contribution in [-0.4, -0.2) is 9.97 Å². The van der Waals surface area contributed by atoms with Gasteiger partial charge in [0.25, 0.3) is 0 Å². The molecule has 0 aliphatic carbocycles. The van der Waals surface area contributed by atoms with E-state index in [1.165, 1.54) is 28.1 Å². The molecule has 0 amide bonds. The van der Waals surface area contributed by atoms with Crippen LogP contribution in [0.25, 0.3) is 0 Å². The van der Waals surface area contributed by atoms with Gasteiger partial charge in [-0.05, 0) is 68.7 Å². The summed E-state index contributed by atoms with van der Waals surface area (Å²) in [7, 11) is 0. The number of benzene rings is 1. The van der Waals surface area contributed by atoms with E-state index >= 15 is 0 Å². The highest BCUT2D eigenvalue weighted by molar-refractivity contribution is 5.46. The molecular weight excluding hydrogens is 282 g/mol. The molecule has 0 saturated heterocycles. The lowest BCUT2D eigenvalue weighted by molar-refractivity contribution is 0.870. The molecule has 23 heavy (non-hydrogen) atoms. The van der Waals surface area contributed by atoms with Crippen molar-refractivity contribution in [2.24, 2.45) is 0 Å². The summed E-state index contributed by atoms with van der Waals surface area (Å²) in [5.74, 6) is 0.116. The maximum absolute atomic E-state index is 9.03. The van der Waals surface area contributed by atoms with Crippen LogP contribution in [0.4, 0.5) is 0 Å². The summed E-state index contributed by atoms with van der Waals surface area (Å²) in [5.41, 5.74) is 9.11. The number of hydrogen-bond donors (Lipinski definition) is 2. The highest BCUT2D eigenvalue weighted by Gasteiger charge is 2.23. The summed E-state index contributed by atoms with van der Waals surface area (Å²) in [6.45, 7) is 8.44. The van der Waals surface area contributed by atoms with Gasteiger partial charge in [-0.1, -0.05) is 12.1 Å². The Hall–Kier alpha value is -2.73. The van der Waals surface area contributed by atoms with E-state index in [2.05, 4.69) is 68.0 Å². The zero-order chi connectivity index (χ0) is 16.6. The van der Waals surface area contributed by atoms with Crippen LogP contribution in [0.1, 0.15) is 50.9 Å². The molecule has 0 bridgehead atoms. The highest BCUT2D eigenvalue weighted by Crippen LogP contribution is 2.35. The number of aryl methyl sites for hydroxylation is 4. The van der Waals surface area contributed by atoms with Crippen molar-refractivity contribution >= 4 is 0 Å². The van der Waals surface area contributed by atoms with Crippen LogP contribution < -0.4 is 0 Å². The first-order chi connectivity index (χ1) is 11.0. The second-order valence-electron chi connectivity index (χ2n) is 6.26. The van der Waals surface area contributed by atoms with Crippen molar-refractivity contribution in [3.63, 3.8) is 0 Å². The quantitative estimate of drug-likeness (QED) is 0.728. The molecule has 0 aliphatic rings. The molecule has 0 atom stereocenters. The molecule has 116 valence electrons. The minimum Gasteiger partial charge on any atom is -0.361 e. The van der Waals surface area contributed by atoms with Gasteiger partial charge in [0.2, 0.25) is 0 Å². The summed E-state index contributed by atoms with van der Waals surface area (Å²) in [4.78, 5) is 7.04. The summed E-state index contributed by atoms with van der Waals surface area (Å²) in [6.07, 6.45) is 0. The molecule has 3 nitrogen and oxygen atoms in total. The Morgan fingerprint density at radius 2 is 1.30 bits per heavy atom. The molecular formula is C20H21N3. The van der Waals surface area contributed by atoms with E-state index in [0.29, 0.717) is 5.56 Å². The van der Waals surface area contributed by atoms with E-state index in [-0.39, 0.29) is 5.92 Å². The standard InChI is InChI=1S/C20H21N3/c1-12-9-14(3)22-19(12)18(20-13(2)10-15(4)23-20)17-7-5-16(11-21)6-8-17/h5-10,18,22-23H,1-4H3. The number of aromatic nitrogens is 2. The predicted molar refractivity (Wildman–Crippen MR) is 92.6 cm³/mol. The van der Waals surface area contributed by atoms with Gasteiger partial charge in [0, 0.05) is 22.8 Å². The number of nitrogens with one attached hydrogen (secondary N) is 2. The molecule has 0 spiro atoms. The average Bonchev–Trinajstić information content (AvgIpc) is 3.02. The van der Waals surface area contributed by atoms with Crippen molar-refractivity contribution < 1.29 is 0 Å². The van der Waals surface area contributed by atoms with Gasteiger partial charge in [-0.3, -0.25) is 0 Å². The highest BCUT2D eigenvalue weighted by atomic mass is 14.8. The molecule has 0 unspecified atom stereocenters. The molecule has 0 fully saturated rings. The largest absolute Gasteiger partial charge is 0.361 e. The molecule has 3 rings (SSSR count). The second kappa shape index (κ2) is 5.81. The Kier molecular flexibility index (Phi) is 3.83. The number of nitrogens with zero attached hydrogens (tertiary/aromatic N) is 1. The van der Waals surface area contributed by atoms with Gasteiger partial charge < -0.3 is 9.97 Å². The molecule has 2 aromatic heterocycles. The van der Waals surface area contributed by atoms with Crippen LogP contribution >= 0.6 is 0 Å². The Bertz CT molecular complexity index is 826. The number of aromatic amines is 2. The fourth-order valence-electron chi connectivity index (χ4n) is 3.33. The first-order valence-electron chi connectivity index (χ1n) is 7.82. The van der Waals surface area contributed by atoms with Gasteiger partial charge in [-0.15, -0.1) is 0 Å². The van der Waals surface area contributed by atoms with E-state index in [9.17, 15) is 0 Å². The summed E-state index contributed by atoms with van der Waals surface area (Å²) in [6, 6.07) is 14.4. The third kappa shape index (κ3) is 2.80. The van der Waals surface area contributed by atoms with Crippen molar-refractivity contribution in [2.75, 3.05) is 0 Å². The normalized spacial score (nSPS) is 11.0. The van der Waals surface area contributed by atoms with Gasteiger partial charge in [-0.25, -0.2) is 0 Å². The lowest BCUT2D eigenvalue weighted by atomic mass is 9.88. The van der Waals surface area contributed by atoms with Crippen LogP contribution in [0.3, 0.4) is 0 Å². The van der Waals surface area contributed by atoms with Crippen LogP contribution in [0.5, 0.6) is 0 Å². The number of hydrogen-bond acceptors (Lipinski definition) is 1. The van der Waals surface area contributed by atoms with Crippen molar-refractivity contribution in [1.82, 2.24) is 9.97 Å². The minimum atomic E-state index is 0.116. The Labute approximate surface area is 137 Å². The zero-order valence-corrected chi connectivity index (χ0v) is 14.0. The lowest BCUT2D eigenvalue weighted by Crippen LogP contribution is -2.07. The van der Waals surface area contributed by atoms with Crippen molar-refractivity contribution in [3.8, 4) is 6.07 Å². The van der Waals surface area contributed by atoms with E-state index in [1.807, 2.05) is 12.1 Å². The van der Waals surface area contributed by atoms with E-state index in [0.717, 1.165) is 11.4 Å². The molecule has 3 heteroatoms. The van der Waals surface area contributed by atoms with Gasteiger partial charge >= 0.3 is 0 Å². The van der Waals surface area contributed by atoms with Crippen molar-refractivity contribution in [2.45, 2.75) is 33.6 Å². The fraction of sp³-hybridized carbons (Fsp3) is 0.250. The minimum absolute atomic E-state index is 0.116. The first kappa shape index (κ1) is 15.2. The number of rotatable bonds is 3. The molecule has 0 saturated carbocycles. The molecule has 1 aromatic carbocycles. The molecule has 0 aliphatic heterocycles. The molecule has 3 aromatic rings. The van der Waals surface area contributed by atoms with Gasteiger partial charge in [-0.2, -0.15) is 5.26 Å². The summed E-state index contributed by atoms with van der Waals surface area (Å²) in [5, 5.41) is 9.03. The molecule has 0 radical (unpaired) electrons. The third-order valence-corrected chi connectivity index (χ3v) is 4.33. The average molecular weight is 303 g/mol. The van der Waals surface area contributed by atoms with Crippen LogP contribution in [0, 0.1) is 39.0 Å². The Morgan fingerprint density at radius 1 is 0.826 bits per heavy atom. The lowest BCUT2D eigenvalue weighted by Gasteiger charge is -2.18. The van der Waals surface area contributed by atoms with Crippen molar-refractivity contribution in [1.29, 1.82) is 5.26 Å². The molecule has 2 N–H and O–H groups in total. The topological polar surface area (TPSA) is 55.4 Å². The SMILES string of the molecule is Cc1cc(C)c(C(c2ccc(C#N)cc2)c2[nH]c(C)cc2C)[nH]1. The monoisotopic (exact) mass is 303 g/mol. The van der Waals surface area contributed by atoms with Gasteiger partial charge in [0.05, 0.1) is 17.6 Å². The smallest absolute Gasteiger partial charge is 0.0991 e. The van der Waals surface area contributed by atoms with Crippen LogP contribution in [0.15, 0.2) is 36.4 Å². The predicted octanol–water partition coefficient (Wildman–Crippen LogP) is 4.63. The maximum atomic E-state index is 9.03. The van der Waals surface area contributed by atoms with Crippen LogP contribution in [-0.2, 0) is 0 Å². The van der Waals surface area contributed by atoms with E-state index < -0.39 is 0 Å². The molecule has 2 heterocycles. The number of nitriles is 1. The Balaban J connectivity index is 2.19. The summed E-state index contributed by atoms with van der Waals surface area (Å²) >= 11 is 0. The van der Waals surface area contributed by atoms with E-state index in [1.54, 1.807) is 0 Å². The van der Waals surface area contributed by atoms with Crippen molar-refractivity contribution in [3.05, 3.63) is 81.4 Å². The first-order valence-corrected chi connectivity index (χ1v) is 7.82. The second-order valence-corrected chi connectivity index (χ2v) is 6.26. The number of H-pyrrole nitrogens is 2. The Morgan fingerprint density at radius 3 is 1.65 bits per heavy atom. The van der Waals surface area contributed by atoms with Crippen LogP contribution in [0.2, 0.25) is 0 Å². The van der Waals surface area contributed by atoms with Gasteiger partial charge in [0.1, 0.15) is 0 Å². The summed E-state index contributed by atoms with van der Waals surface area (Å²) < 4.78 is 0. The third-order valence-electron chi connectivity index (χ3n) is 4.33. The maximum Gasteiger partial charge on any atom is 0.0991 e.